The van der Waals surface area contributed by atoms with Crippen molar-refractivity contribution >= 4 is 16.7 Å². The van der Waals surface area contributed by atoms with Crippen molar-refractivity contribution in [2.24, 2.45) is 0 Å². The Kier molecular flexibility index (Phi) is 2.17. The topological polar surface area (TPSA) is 31.9 Å². The molecule has 0 amide bonds. The summed E-state index contributed by atoms with van der Waals surface area (Å²) in [6, 6.07) is 4.85. The van der Waals surface area contributed by atoms with Gasteiger partial charge in [-0.25, -0.2) is 4.98 Å². The lowest BCUT2D eigenvalue weighted by Crippen LogP contribution is -2.25. The van der Waals surface area contributed by atoms with E-state index in [9.17, 15) is 0 Å². The molecule has 0 saturated heterocycles. The maximum atomic E-state index is 4.42. The second-order valence-corrected chi connectivity index (χ2v) is 4.20. The first-order valence-electron chi connectivity index (χ1n) is 5.76. The summed E-state index contributed by atoms with van der Waals surface area (Å²) in [4.78, 5) is 9.86. The lowest BCUT2D eigenvalue weighted by atomic mass is 10.1. The number of pyridine rings is 1. The molecular formula is C13H15N3. The molecule has 1 aliphatic rings. The number of nitrogens with zero attached hydrogens (tertiary/aromatic N) is 2. The number of fused-ring (bicyclic) bond motifs is 1. The number of rotatable bonds is 2. The molecule has 1 atom stereocenters. The van der Waals surface area contributed by atoms with Crippen molar-refractivity contribution in [3.05, 3.63) is 36.8 Å². The molecule has 0 aromatic carbocycles. The van der Waals surface area contributed by atoms with Crippen LogP contribution in [0, 0.1) is 0 Å². The normalized spacial score (nSPS) is 19.8. The van der Waals surface area contributed by atoms with Crippen LogP contribution in [0.4, 0.5) is 5.69 Å². The first kappa shape index (κ1) is 9.46. The Hall–Kier alpha value is -1.77. The van der Waals surface area contributed by atoms with Gasteiger partial charge >= 0.3 is 0 Å². The molecule has 2 aromatic heterocycles. The summed E-state index contributed by atoms with van der Waals surface area (Å²) in [6.07, 6.45) is 10.6. The van der Waals surface area contributed by atoms with Crippen LogP contribution < -0.4 is 4.90 Å². The second-order valence-electron chi connectivity index (χ2n) is 4.20. The van der Waals surface area contributed by atoms with E-state index in [0.717, 1.165) is 18.5 Å². The summed E-state index contributed by atoms with van der Waals surface area (Å²) in [5.74, 6) is 0. The lowest BCUT2D eigenvalue weighted by Gasteiger charge is -2.24. The number of H-pyrrole nitrogens is 1. The van der Waals surface area contributed by atoms with Crippen LogP contribution in [0.1, 0.15) is 19.8 Å². The third-order valence-corrected chi connectivity index (χ3v) is 3.22. The molecule has 82 valence electrons. The molecule has 16 heavy (non-hydrogen) atoms. The second kappa shape index (κ2) is 3.67. The molecule has 3 nitrogen and oxygen atoms in total. The summed E-state index contributed by atoms with van der Waals surface area (Å²) >= 11 is 0. The molecule has 0 bridgehead atoms. The fourth-order valence-corrected chi connectivity index (χ4v) is 2.30. The fraction of sp³-hybridized carbons (Fsp3) is 0.308. The van der Waals surface area contributed by atoms with Gasteiger partial charge in [0.05, 0.1) is 11.9 Å². The largest absolute Gasteiger partial charge is 0.346 e. The maximum Gasteiger partial charge on any atom is 0.137 e. The smallest absolute Gasteiger partial charge is 0.137 e. The minimum atomic E-state index is 0.596. The van der Waals surface area contributed by atoms with Crippen LogP contribution in [0.5, 0.6) is 0 Å². The fourth-order valence-electron chi connectivity index (χ4n) is 2.30. The van der Waals surface area contributed by atoms with E-state index in [1.165, 1.54) is 11.1 Å². The van der Waals surface area contributed by atoms with Gasteiger partial charge in [0.25, 0.3) is 0 Å². The number of hydrogen-bond acceptors (Lipinski definition) is 2. The Morgan fingerprint density at radius 2 is 2.50 bits per heavy atom. The van der Waals surface area contributed by atoms with E-state index in [4.69, 9.17) is 0 Å². The molecule has 3 heteroatoms. The van der Waals surface area contributed by atoms with E-state index in [2.05, 4.69) is 46.2 Å². The zero-order valence-electron chi connectivity index (χ0n) is 9.35. The van der Waals surface area contributed by atoms with E-state index in [1.54, 1.807) is 0 Å². The predicted molar refractivity (Wildman–Crippen MR) is 66.4 cm³/mol. The molecule has 0 fully saturated rings. The number of nitrogens with one attached hydrogen (secondary N) is 1. The molecule has 3 heterocycles. The van der Waals surface area contributed by atoms with E-state index in [-0.39, 0.29) is 0 Å². The van der Waals surface area contributed by atoms with Gasteiger partial charge in [-0.05, 0) is 25.0 Å². The van der Waals surface area contributed by atoms with Gasteiger partial charge in [0.2, 0.25) is 0 Å². The molecule has 0 spiro atoms. The van der Waals surface area contributed by atoms with Crippen LogP contribution in [0.3, 0.4) is 0 Å². The summed E-state index contributed by atoms with van der Waals surface area (Å²) in [7, 11) is 0. The van der Waals surface area contributed by atoms with Gasteiger partial charge in [-0.15, -0.1) is 0 Å². The van der Waals surface area contributed by atoms with E-state index in [0.29, 0.717) is 6.04 Å². The highest BCUT2D eigenvalue weighted by atomic mass is 15.2. The molecule has 1 N–H and O–H groups in total. The molecule has 0 saturated carbocycles. The Labute approximate surface area is 94.8 Å². The average molecular weight is 213 g/mol. The molecule has 1 unspecified atom stereocenters. The van der Waals surface area contributed by atoms with Crippen molar-refractivity contribution in [3.8, 4) is 0 Å². The molecule has 2 aromatic rings. The van der Waals surface area contributed by atoms with Crippen molar-refractivity contribution in [3.63, 3.8) is 0 Å². The SMILES string of the molecule is CCC1CC=CN1c1cnc2[nH]ccc2c1. The summed E-state index contributed by atoms with van der Waals surface area (Å²) < 4.78 is 0. The van der Waals surface area contributed by atoms with E-state index >= 15 is 0 Å². The van der Waals surface area contributed by atoms with E-state index < -0.39 is 0 Å². The highest BCUT2D eigenvalue weighted by Crippen LogP contribution is 2.27. The van der Waals surface area contributed by atoms with Gasteiger partial charge in [0.1, 0.15) is 5.65 Å². The quantitative estimate of drug-likeness (QED) is 0.831. The maximum absolute atomic E-state index is 4.42. The highest BCUT2D eigenvalue weighted by Gasteiger charge is 2.18. The van der Waals surface area contributed by atoms with Gasteiger partial charge in [-0.3, -0.25) is 0 Å². The van der Waals surface area contributed by atoms with Crippen LogP contribution in [-0.2, 0) is 0 Å². The predicted octanol–water partition coefficient (Wildman–Crippen LogP) is 3.07. The molecule has 3 rings (SSSR count). The van der Waals surface area contributed by atoms with Gasteiger partial charge in [0.15, 0.2) is 0 Å². The minimum Gasteiger partial charge on any atom is -0.346 e. The number of hydrogen-bond donors (Lipinski definition) is 1. The van der Waals surface area contributed by atoms with Crippen molar-refractivity contribution < 1.29 is 0 Å². The Bertz CT molecular complexity index is 527. The first-order chi connectivity index (χ1) is 7.88. The summed E-state index contributed by atoms with van der Waals surface area (Å²) in [5, 5.41) is 1.17. The minimum absolute atomic E-state index is 0.596. The van der Waals surface area contributed by atoms with Gasteiger partial charge in [0, 0.05) is 23.8 Å². The van der Waals surface area contributed by atoms with Crippen molar-refractivity contribution in [2.75, 3.05) is 4.90 Å². The van der Waals surface area contributed by atoms with Crippen LogP contribution in [0.25, 0.3) is 11.0 Å². The van der Waals surface area contributed by atoms with Gasteiger partial charge < -0.3 is 9.88 Å². The van der Waals surface area contributed by atoms with Crippen LogP contribution in [0.15, 0.2) is 36.8 Å². The first-order valence-corrected chi connectivity index (χ1v) is 5.76. The van der Waals surface area contributed by atoms with Crippen molar-refractivity contribution in [2.45, 2.75) is 25.8 Å². The van der Waals surface area contributed by atoms with Crippen LogP contribution in [0.2, 0.25) is 0 Å². The molecule has 0 radical (unpaired) electrons. The van der Waals surface area contributed by atoms with Crippen molar-refractivity contribution in [1.82, 2.24) is 9.97 Å². The molecule has 0 aliphatic carbocycles. The monoisotopic (exact) mass is 213 g/mol. The number of aromatic nitrogens is 2. The molecule has 1 aliphatic heterocycles. The molecular weight excluding hydrogens is 198 g/mol. The Morgan fingerprint density at radius 3 is 3.38 bits per heavy atom. The summed E-state index contributed by atoms with van der Waals surface area (Å²) in [6.45, 7) is 2.23. The van der Waals surface area contributed by atoms with E-state index in [1.807, 2.05) is 12.4 Å². The zero-order valence-corrected chi connectivity index (χ0v) is 9.35. The van der Waals surface area contributed by atoms with Crippen molar-refractivity contribution in [1.29, 1.82) is 0 Å². The van der Waals surface area contributed by atoms with Gasteiger partial charge in [-0.1, -0.05) is 13.0 Å². The summed E-state index contributed by atoms with van der Waals surface area (Å²) in [5.41, 5.74) is 2.15. The number of aromatic amines is 1. The third kappa shape index (κ3) is 1.40. The average Bonchev–Trinajstić information content (AvgIpc) is 2.96. The Morgan fingerprint density at radius 1 is 1.56 bits per heavy atom. The zero-order chi connectivity index (χ0) is 11.0. The third-order valence-electron chi connectivity index (χ3n) is 3.22. The standard InChI is InChI=1S/C13H15N3/c1-2-11-4-3-7-16(11)12-8-10-5-6-14-13(10)15-9-12/h3,5-9,11H,2,4H2,1H3,(H,14,15). The van der Waals surface area contributed by atoms with Crippen LogP contribution in [-0.4, -0.2) is 16.0 Å². The Balaban J connectivity index is 2.01. The lowest BCUT2D eigenvalue weighted by molar-refractivity contribution is 0.663. The highest BCUT2D eigenvalue weighted by molar-refractivity contribution is 5.79. The van der Waals surface area contributed by atoms with Crippen LogP contribution >= 0.6 is 0 Å². The number of anilines is 1. The van der Waals surface area contributed by atoms with Gasteiger partial charge in [-0.2, -0.15) is 0 Å².